The summed E-state index contributed by atoms with van der Waals surface area (Å²) in [4.78, 5) is 0. The normalized spacial score (nSPS) is 11.8. The highest BCUT2D eigenvalue weighted by atomic mass is 32.2. The summed E-state index contributed by atoms with van der Waals surface area (Å²) in [5.41, 5.74) is 2.21. The van der Waals surface area contributed by atoms with Gasteiger partial charge < -0.3 is 4.57 Å². The fourth-order valence-corrected chi connectivity index (χ4v) is 2.77. The second-order valence-electron chi connectivity index (χ2n) is 4.76. The number of sulfonamides is 1. The van der Waals surface area contributed by atoms with E-state index >= 15 is 0 Å². The van der Waals surface area contributed by atoms with Gasteiger partial charge in [0.1, 0.15) is 5.82 Å². The Morgan fingerprint density at radius 1 is 1.30 bits per heavy atom. The van der Waals surface area contributed by atoms with Gasteiger partial charge in [-0.2, -0.15) is 0 Å². The van der Waals surface area contributed by atoms with Gasteiger partial charge in [0.25, 0.3) is 15.2 Å². The number of aryl methyl sites for hydroxylation is 1. The molecule has 2 rings (SSSR count). The average Bonchev–Trinajstić information content (AvgIpc) is 2.73. The quantitative estimate of drug-likeness (QED) is 0.898. The first-order valence-electron chi connectivity index (χ1n) is 6.42. The number of benzene rings is 1. The fourth-order valence-electron chi connectivity index (χ4n) is 2.11. The molecule has 1 aromatic carbocycles. The third-order valence-corrected chi connectivity index (χ3v) is 3.75. The van der Waals surface area contributed by atoms with E-state index in [0.717, 1.165) is 17.5 Å². The summed E-state index contributed by atoms with van der Waals surface area (Å²) in [6.07, 6.45) is 1.31. The Balaban J connectivity index is 2.39. The molecular weight excluding hydrogens is 276 g/mol. The topological polar surface area (TPSA) is 90.9 Å². The van der Waals surface area contributed by atoms with Gasteiger partial charge >= 0.3 is 0 Å². The van der Waals surface area contributed by atoms with Crippen LogP contribution in [-0.4, -0.2) is 23.2 Å². The lowest BCUT2D eigenvalue weighted by Crippen LogP contribution is -2.19. The van der Waals surface area contributed by atoms with Crippen molar-refractivity contribution in [2.45, 2.75) is 38.4 Å². The van der Waals surface area contributed by atoms with Crippen LogP contribution in [0.5, 0.6) is 0 Å². The highest BCUT2D eigenvalue weighted by molar-refractivity contribution is 7.89. The zero-order chi connectivity index (χ0) is 14.8. The van der Waals surface area contributed by atoms with E-state index in [0.29, 0.717) is 18.8 Å². The van der Waals surface area contributed by atoms with Crippen LogP contribution in [0.25, 0.3) is 0 Å². The Hall–Kier alpha value is -1.73. The van der Waals surface area contributed by atoms with Crippen LogP contribution in [0.4, 0.5) is 0 Å². The molecule has 0 amide bonds. The molecule has 2 aromatic rings. The van der Waals surface area contributed by atoms with Crippen LogP contribution in [0.2, 0.25) is 0 Å². The summed E-state index contributed by atoms with van der Waals surface area (Å²) >= 11 is 0. The molecule has 0 fully saturated rings. The highest BCUT2D eigenvalue weighted by Crippen LogP contribution is 2.14. The van der Waals surface area contributed by atoms with Crippen molar-refractivity contribution < 1.29 is 8.42 Å². The minimum Gasteiger partial charge on any atom is -0.300 e. The van der Waals surface area contributed by atoms with Crippen molar-refractivity contribution in [2.24, 2.45) is 5.14 Å². The fraction of sp³-hybridized carbons (Fsp3) is 0.385. The van der Waals surface area contributed by atoms with Crippen molar-refractivity contribution >= 4 is 10.0 Å². The van der Waals surface area contributed by atoms with Crippen molar-refractivity contribution in [3.05, 3.63) is 41.2 Å². The van der Waals surface area contributed by atoms with Crippen LogP contribution in [-0.2, 0) is 23.0 Å². The summed E-state index contributed by atoms with van der Waals surface area (Å²) in [5, 5.41) is 12.7. The van der Waals surface area contributed by atoms with Crippen molar-refractivity contribution in [2.75, 3.05) is 0 Å². The van der Waals surface area contributed by atoms with Crippen molar-refractivity contribution in [3.8, 4) is 0 Å². The third kappa shape index (κ3) is 3.23. The van der Waals surface area contributed by atoms with Crippen molar-refractivity contribution in [3.63, 3.8) is 0 Å². The van der Waals surface area contributed by atoms with Gasteiger partial charge in [0.2, 0.25) is 0 Å². The summed E-state index contributed by atoms with van der Waals surface area (Å²) in [6.45, 7) is 4.50. The van der Waals surface area contributed by atoms with Gasteiger partial charge in [-0.3, -0.25) is 0 Å². The molecule has 6 nitrogen and oxygen atoms in total. The number of rotatable bonds is 5. The van der Waals surface area contributed by atoms with E-state index in [1.165, 1.54) is 0 Å². The molecule has 0 aliphatic rings. The number of hydrogen-bond donors (Lipinski definition) is 1. The standard InChI is InChI=1S/C13H18N4O2S/c1-3-7-17-12(15-16-13(17)20(14,18)19)9-11-6-4-5-10(2)8-11/h4-6,8H,3,7,9H2,1-2H3,(H2,14,18,19). The molecule has 20 heavy (non-hydrogen) atoms. The molecular formula is C13H18N4O2S. The number of nitrogens with two attached hydrogens (primary N) is 1. The van der Waals surface area contributed by atoms with Crippen molar-refractivity contribution in [1.82, 2.24) is 14.8 Å². The summed E-state index contributed by atoms with van der Waals surface area (Å²) < 4.78 is 24.6. The highest BCUT2D eigenvalue weighted by Gasteiger charge is 2.20. The van der Waals surface area contributed by atoms with Gasteiger partial charge in [0.15, 0.2) is 0 Å². The van der Waals surface area contributed by atoms with Crippen LogP contribution in [0.15, 0.2) is 29.4 Å². The molecule has 0 atom stereocenters. The first-order valence-corrected chi connectivity index (χ1v) is 7.97. The lowest BCUT2D eigenvalue weighted by atomic mass is 10.1. The first kappa shape index (κ1) is 14.7. The molecule has 108 valence electrons. The Morgan fingerprint density at radius 2 is 2.05 bits per heavy atom. The summed E-state index contributed by atoms with van der Waals surface area (Å²) in [5.74, 6) is 0.612. The average molecular weight is 294 g/mol. The predicted molar refractivity (Wildman–Crippen MR) is 75.7 cm³/mol. The number of aromatic nitrogens is 3. The van der Waals surface area contributed by atoms with Crippen LogP contribution in [0, 0.1) is 6.92 Å². The monoisotopic (exact) mass is 294 g/mol. The molecule has 0 saturated carbocycles. The maximum Gasteiger partial charge on any atom is 0.273 e. The zero-order valence-corrected chi connectivity index (χ0v) is 12.4. The Bertz CT molecular complexity index is 707. The maximum absolute atomic E-state index is 11.5. The molecule has 1 heterocycles. The Kier molecular flexibility index (Phi) is 4.20. The van der Waals surface area contributed by atoms with Gasteiger partial charge in [-0.1, -0.05) is 36.8 Å². The van der Waals surface area contributed by atoms with E-state index in [1.807, 2.05) is 38.1 Å². The van der Waals surface area contributed by atoms with Gasteiger partial charge in [-0.15, -0.1) is 10.2 Å². The SMILES string of the molecule is CCCn1c(Cc2cccc(C)c2)nnc1S(N)(=O)=O. The maximum atomic E-state index is 11.5. The molecule has 0 aliphatic heterocycles. The van der Waals surface area contributed by atoms with Crippen LogP contribution < -0.4 is 5.14 Å². The van der Waals surface area contributed by atoms with Gasteiger partial charge in [-0.05, 0) is 18.9 Å². The van der Waals surface area contributed by atoms with E-state index < -0.39 is 10.0 Å². The van der Waals surface area contributed by atoms with E-state index in [9.17, 15) is 8.42 Å². The zero-order valence-electron chi connectivity index (χ0n) is 11.6. The minimum atomic E-state index is -3.85. The molecule has 2 N–H and O–H groups in total. The van der Waals surface area contributed by atoms with E-state index in [4.69, 9.17) is 5.14 Å². The van der Waals surface area contributed by atoms with Crippen LogP contribution in [0.3, 0.4) is 0 Å². The second kappa shape index (κ2) is 5.72. The van der Waals surface area contributed by atoms with Gasteiger partial charge in [0.05, 0.1) is 0 Å². The molecule has 0 unspecified atom stereocenters. The smallest absolute Gasteiger partial charge is 0.273 e. The third-order valence-electron chi connectivity index (χ3n) is 2.94. The van der Waals surface area contributed by atoms with Gasteiger partial charge in [-0.25, -0.2) is 13.6 Å². The van der Waals surface area contributed by atoms with Crippen LogP contribution in [0.1, 0.15) is 30.3 Å². The van der Waals surface area contributed by atoms with Crippen LogP contribution >= 0.6 is 0 Å². The molecule has 1 aromatic heterocycles. The molecule has 0 radical (unpaired) electrons. The molecule has 0 aliphatic carbocycles. The molecule has 7 heteroatoms. The second-order valence-corrected chi connectivity index (χ2v) is 6.22. The Labute approximate surface area is 118 Å². The van der Waals surface area contributed by atoms with Crippen molar-refractivity contribution in [1.29, 1.82) is 0 Å². The Morgan fingerprint density at radius 3 is 2.65 bits per heavy atom. The minimum absolute atomic E-state index is 0.165. The predicted octanol–water partition coefficient (Wildman–Crippen LogP) is 1.23. The lowest BCUT2D eigenvalue weighted by molar-refractivity contribution is 0.550. The van der Waals surface area contributed by atoms with Gasteiger partial charge in [0, 0.05) is 13.0 Å². The van der Waals surface area contributed by atoms with E-state index in [-0.39, 0.29) is 5.16 Å². The molecule has 0 spiro atoms. The number of nitrogens with zero attached hydrogens (tertiary/aromatic N) is 3. The molecule has 0 saturated heterocycles. The largest absolute Gasteiger partial charge is 0.300 e. The van der Waals surface area contributed by atoms with E-state index in [2.05, 4.69) is 10.2 Å². The summed E-state index contributed by atoms with van der Waals surface area (Å²) in [6, 6.07) is 8.00. The first-order chi connectivity index (χ1) is 9.41. The lowest BCUT2D eigenvalue weighted by Gasteiger charge is -2.08. The van der Waals surface area contributed by atoms with E-state index in [1.54, 1.807) is 4.57 Å². The summed E-state index contributed by atoms with van der Waals surface area (Å²) in [7, 11) is -3.85. The number of primary sulfonamides is 1. The number of hydrogen-bond acceptors (Lipinski definition) is 4. The molecule has 0 bridgehead atoms.